The average Bonchev–Trinajstić information content (AvgIpc) is 3.37. The zero-order valence-corrected chi connectivity index (χ0v) is 26.0. The molecule has 0 spiro atoms. The van der Waals surface area contributed by atoms with Gasteiger partial charge in [-0.1, -0.05) is 88.8 Å². The Morgan fingerprint density at radius 3 is 2.36 bits per heavy atom. The molecule has 4 N–H and O–H groups in total. The number of benzene rings is 2. The maximum absolute atomic E-state index is 13.4. The highest BCUT2D eigenvalue weighted by Crippen LogP contribution is 2.43. The molecule has 16 heteroatoms. The molecular formula is C28H24ClN5O7S3. The van der Waals surface area contributed by atoms with Gasteiger partial charge in [-0.3, -0.25) is 14.5 Å². The lowest BCUT2D eigenvalue weighted by Gasteiger charge is -2.49. The van der Waals surface area contributed by atoms with Crippen molar-refractivity contribution >= 4 is 81.1 Å². The highest BCUT2D eigenvalue weighted by Gasteiger charge is 2.54. The summed E-state index contributed by atoms with van der Waals surface area (Å²) < 4.78 is 5.74. The van der Waals surface area contributed by atoms with E-state index < -0.39 is 53.6 Å². The summed E-state index contributed by atoms with van der Waals surface area (Å²) in [7, 11) is 0. The number of nitrogens with zero attached hydrogens (tertiary/aromatic N) is 3. The number of thioether (sulfide) groups is 2. The Balaban J connectivity index is 1.31. The number of esters is 1. The number of nitrogens with one attached hydrogen (secondary N) is 1. The highest BCUT2D eigenvalue weighted by atomic mass is 35.5. The summed E-state index contributed by atoms with van der Waals surface area (Å²) in [6.45, 7) is -0.664. The number of carboxylic acids is 1. The van der Waals surface area contributed by atoms with Crippen LogP contribution in [0.25, 0.3) is 0 Å². The smallest absolute Gasteiger partial charge is 0.353 e. The van der Waals surface area contributed by atoms with Crippen LogP contribution >= 0.6 is 46.5 Å². The Kier molecular flexibility index (Phi) is 9.78. The third kappa shape index (κ3) is 6.55. The van der Waals surface area contributed by atoms with Crippen molar-refractivity contribution in [2.45, 2.75) is 17.5 Å². The number of fused-ring (bicyclic) bond motifs is 1. The third-order valence-electron chi connectivity index (χ3n) is 6.50. The minimum atomic E-state index is -1.23. The lowest BCUT2D eigenvalue weighted by molar-refractivity contribution is -0.153. The Hall–Kier alpha value is -4.05. The van der Waals surface area contributed by atoms with Crippen LogP contribution in [-0.4, -0.2) is 74.5 Å². The first-order valence-electron chi connectivity index (χ1n) is 12.9. The van der Waals surface area contributed by atoms with Crippen molar-refractivity contribution in [3.63, 3.8) is 0 Å². The van der Waals surface area contributed by atoms with Crippen molar-refractivity contribution in [2.75, 3.05) is 24.3 Å². The second-order valence-electron chi connectivity index (χ2n) is 9.22. The number of thiazole rings is 1. The van der Waals surface area contributed by atoms with E-state index in [4.69, 9.17) is 26.9 Å². The van der Waals surface area contributed by atoms with Crippen LogP contribution in [0.3, 0.4) is 0 Å². The number of ether oxygens (including phenoxy) is 1. The van der Waals surface area contributed by atoms with Gasteiger partial charge in [-0.2, -0.15) is 0 Å². The first-order chi connectivity index (χ1) is 21.2. The molecule has 2 aliphatic rings. The van der Waals surface area contributed by atoms with Crippen molar-refractivity contribution in [2.24, 2.45) is 5.16 Å². The van der Waals surface area contributed by atoms with Gasteiger partial charge in [0.05, 0.1) is 0 Å². The summed E-state index contributed by atoms with van der Waals surface area (Å²) >= 11 is 9.71. The molecule has 2 aromatic carbocycles. The molecule has 0 bridgehead atoms. The molecule has 0 radical (unpaired) electrons. The topological polar surface area (TPSA) is 174 Å². The van der Waals surface area contributed by atoms with Crippen LogP contribution < -0.4 is 11.1 Å². The van der Waals surface area contributed by atoms with E-state index in [1.807, 2.05) is 60.7 Å². The quantitative estimate of drug-likeness (QED) is 0.118. The predicted molar refractivity (Wildman–Crippen MR) is 168 cm³/mol. The normalized spacial score (nSPS) is 18.0. The molecule has 1 unspecified atom stereocenters. The number of hydrogen-bond donors (Lipinski definition) is 3. The molecule has 0 saturated carbocycles. The number of halogens is 1. The summed E-state index contributed by atoms with van der Waals surface area (Å²) in [5.41, 5.74) is 6.61. The predicted octanol–water partition coefficient (Wildman–Crippen LogP) is 3.49. The number of amides is 2. The number of carbonyl (C=O) groups is 4. The molecule has 3 aromatic rings. The minimum absolute atomic E-state index is 0.0325. The number of aromatic nitrogens is 1. The van der Waals surface area contributed by atoms with Gasteiger partial charge in [-0.15, -0.1) is 23.5 Å². The number of carboxylic acid groups (broad SMARTS) is 1. The summed E-state index contributed by atoms with van der Waals surface area (Å²) in [5.74, 6) is -3.12. The van der Waals surface area contributed by atoms with Crippen molar-refractivity contribution < 1.29 is 33.9 Å². The molecule has 1 aromatic heterocycles. The zero-order chi connectivity index (χ0) is 31.4. The first-order valence-corrected chi connectivity index (χ1v) is 16.3. The molecule has 2 atom stereocenters. The molecule has 5 rings (SSSR count). The van der Waals surface area contributed by atoms with Crippen LogP contribution in [0.1, 0.15) is 22.9 Å². The molecule has 0 aliphatic carbocycles. The Bertz CT molecular complexity index is 1610. The van der Waals surface area contributed by atoms with Gasteiger partial charge < -0.3 is 25.7 Å². The van der Waals surface area contributed by atoms with E-state index in [2.05, 4.69) is 15.5 Å². The van der Waals surface area contributed by atoms with Crippen LogP contribution in [0.15, 0.2) is 76.4 Å². The fourth-order valence-electron chi connectivity index (χ4n) is 4.51. The van der Waals surface area contributed by atoms with Gasteiger partial charge >= 0.3 is 11.9 Å². The number of aliphatic carboxylic acids is 1. The van der Waals surface area contributed by atoms with Gasteiger partial charge in [0.1, 0.15) is 27.1 Å². The summed E-state index contributed by atoms with van der Waals surface area (Å²) in [6, 6.07) is 17.2. The summed E-state index contributed by atoms with van der Waals surface area (Å²) in [4.78, 5) is 62.1. The monoisotopic (exact) mass is 673 g/mol. The van der Waals surface area contributed by atoms with Gasteiger partial charge in [-0.05, 0) is 17.4 Å². The fourth-order valence-corrected chi connectivity index (χ4v) is 7.69. The second kappa shape index (κ2) is 13.7. The summed E-state index contributed by atoms with van der Waals surface area (Å²) in [5, 5.41) is 15.5. The third-order valence-corrected chi connectivity index (χ3v) is 9.88. The van der Waals surface area contributed by atoms with Crippen LogP contribution in [0.4, 0.5) is 5.13 Å². The fraction of sp³-hybridized carbons (Fsp3) is 0.214. The standard InChI is InChI=1S/C28H24ClN5O7S3/c1-42-16-13-43-26-20(25(37)34(26)21(16)27(38)39)31-24(36)19(18-23(29)44-28(30)32-18)33-40-12-17(35)41-22(14-8-4-2-5-9-14)15-10-6-3-7-11-15/h2-11,20,22,26H,12-13H2,1H3,(H2,30,32)(H,31,36)(H,38,39)/t20?,26-/m0/s1. The van der Waals surface area contributed by atoms with E-state index >= 15 is 0 Å². The Morgan fingerprint density at radius 2 is 1.82 bits per heavy atom. The molecule has 12 nitrogen and oxygen atoms in total. The maximum Gasteiger partial charge on any atom is 0.353 e. The SMILES string of the molecule is CSC1=C(C(=O)O)N2C(=O)C(NC(=O)C(=NOCC(=O)OC(c3ccccc3)c3ccccc3)c3nc(N)sc3Cl)[C@@H]2SC1. The number of anilines is 1. The Morgan fingerprint density at radius 1 is 1.18 bits per heavy atom. The van der Waals surface area contributed by atoms with E-state index in [1.165, 1.54) is 23.5 Å². The molecule has 3 heterocycles. The van der Waals surface area contributed by atoms with Crippen LogP contribution in [-0.2, 0) is 28.8 Å². The molecule has 2 aliphatic heterocycles. The number of β-lactam (4-membered cyclic amide) rings is 1. The number of rotatable bonds is 11. The molecule has 1 fully saturated rings. The van der Waals surface area contributed by atoms with Crippen molar-refractivity contribution in [1.29, 1.82) is 0 Å². The lowest BCUT2D eigenvalue weighted by atomic mass is 10.0. The number of hydrogen-bond acceptors (Lipinski definition) is 12. The van der Waals surface area contributed by atoms with E-state index in [-0.39, 0.29) is 20.9 Å². The van der Waals surface area contributed by atoms with Crippen molar-refractivity contribution in [3.8, 4) is 0 Å². The van der Waals surface area contributed by atoms with Gasteiger partial charge in [0.15, 0.2) is 16.9 Å². The molecule has 1 saturated heterocycles. The maximum atomic E-state index is 13.4. The Labute approximate surface area is 268 Å². The van der Waals surface area contributed by atoms with Gasteiger partial charge in [0.2, 0.25) is 6.61 Å². The molecule has 2 amide bonds. The minimum Gasteiger partial charge on any atom is -0.477 e. The van der Waals surface area contributed by atoms with E-state index in [0.717, 1.165) is 27.4 Å². The lowest BCUT2D eigenvalue weighted by Crippen LogP contribution is -2.71. The second-order valence-corrected chi connectivity index (χ2v) is 12.9. The number of carbonyl (C=O) groups excluding carboxylic acids is 3. The van der Waals surface area contributed by atoms with Crippen LogP contribution in [0.2, 0.25) is 4.34 Å². The molecular weight excluding hydrogens is 650 g/mol. The first kappa shape index (κ1) is 31.4. The number of nitrogen functional groups attached to an aromatic ring is 1. The average molecular weight is 674 g/mol. The van der Waals surface area contributed by atoms with E-state index in [9.17, 15) is 24.3 Å². The number of oxime groups is 1. The van der Waals surface area contributed by atoms with Gasteiger partial charge in [0, 0.05) is 10.7 Å². The van der Waals surface area contributed by atoms with Gasteiger partial charge in [-0.25, -0.2) is 14.6 Å². The van der Waals surface area contributed by atoms with Crippen LogP contribution in [0, 0.1) is 0 Å². The van der Waals surface area contributed by atoms with Gasteiger partial charge in [0.25, 0.3) is 11.8 Å². The van der Waals surface area contributed by atoms with Crippen molar-refractivity contribution in [3.05, 3.63) is 92.4 Å². The number of nitrogens with two attached hydrogens (primary N) is 1. The van der Waals surface area contributed by atoms with Crippen LogP contribution in [0.5, 0.6) is 0 Å². The van der Waals surface area contributed by atoms with E-state index in [1.54, 1.807) is 6.26 Å². The summed E-state index contributed by atoms with van der Waals surface area (Å²) in [6.07, 6.45) is 1.01. The molecule has 228 valence electrons. The van der Waals surface area contributed by atoms with E-state index in [0.29, 0.717) is 10.7 Å². The highest BCUT2D eigenvalue weighted by molar-refractivity contribution is 8.05. The molecule has 44 heavy (non-hydrogen) atoms. The largest absolute Gasteiger partial charge is 0.477 e. The zero-order valence-electron chi connectivity index (χ0n) is 22.8. The van der Waals surface area contributed by atoms with Crippen molar-refractivity contribution in [1.82, 2.24) is 15.2 Å².